The zero-order valence-corrected chi connectivity index (χ0v) is 17.7. The van der Waals surface area contributed by atoms with Crippen LogP contribution in [0, 0.1) is 0 Å². The first kappa shape index (κ1) is 20.9. The van der Waals surface area contributed by atoms with Crippen molar-refractivity contribution in [3.63, 3.8) is 0 Å². The summed E-state index contributed by atoms with van der Waals surface area (Å²) in [6.45, 7) is -0.0381. The second-order valence-electron chi connectivity index (χ2n) is 7.78. The van der Waals surface area contributed by atoms with E-state index in [4.69, 9.17) is 14.2 Å². The minimum atomic E-state index is -0.614. The van der Waals surface area contributed by atoms with E-state index in [0.29, 0.717) is 17.5 Å². The van der Waals surface area contributed by atoms with Crippen LogP contribution in [-0.2, 0) is 14.2 Å². The van der Waals surface area contributed by atoms with Gasteiger partial charge in [0.15, 0.2) is 0 Å². The maximum Gasteiger partial charge on any atom is 0.338 e. The van der Waals surface area contributed by atoms with Crippen LogP contribution in [-0.4, -0.2) is 40.3 Å². The predicted octanol–water partition coefficient (Wildman–Crippen LogP) is 4.41. The number of esters is 2. The molecular formula is C26H22N2O5. The molecule has 7 heteroatoms. The number of imidazole rings is 1. The molecular weight excluding hydrogens is 420 g/mol. The number of benzene rings is 3. The largest absolute Gasteiger partial charge is 0.459 e. The number of carbonyl (C=O) groups excluding carboxylic acids is 2. The fourth-order valence-corrected chi connectivity index (χ4v) is 3.95. The van der Waals surface area contributed by atoms with Gasteiger partial charge in [-0.3, -0.25) is 0 Å². The van der Waals surface area contributed by atoms with Gasteiger partial charge in [-0.1, -0.05) is 48.5 Å². The van der Waals surface area contributed by atoms with Gasteiger partial charge in [0, 0.05) is 6.42 Å². The lowest BCUT2D eigenvalue weighted by atomic mass is 10.1. The van der Waals surface area contributed by atoms with E-state index in [9.17, 15) is 9.59 Å². The van der Waals surface area contributed by atoms with E-state index in [1.165, 1.54) is 0 Å². The van der Waals surface area contributed by atoms with Gasteiger partial charge < -0.3 is 18.8 Å². The summed E-state index contributed by atoms with van der Waals surface area (Å²) in [5.74, 6) is -0.899. The fourth-order valence-electron chi connectivity index (χ4n) is 3.95. The molecule has 166 valence electrons. The van der Waals surface area contributed by atoms with E-state index in [1.54, 1.807) is 54.9 Å². The molecule has 2 heterocycles. The van der Waals surface area contributed by atoms with Crippen molar-refractivity contribution in [2.24, 2.45) is 0 Å². The molecule has 4 aromatic rings. The first-order valence-electron chi connectivity index (χ1n) is 10.7. The number of para-hydroxylation sites is 2. The molecule has 0 saturated carbocycles. The fraction of sp³-hybridized carbons (Fsp3) is 0.192. The highest BCUT2D eigenvalue weighted by molar-refractivity contribution is 5.90. The minimum absolute atomic E-state index is 0.0381. The highest BCUT2D eigenvalue weighted by Gasteiger charge is 2.40. The van der Waals surface area contributed by atoms with E-state index in [-0.39, 0.29) is 6.61 Å². The SMILES string of the molecule is O=C(OC[C@H]1O[C@@H](n2cnc3ccccc32)C[C@@H]1OC(=O)c1ccccc1)c1ccccc1. The van der Waals surface area contributed by atoms with Gasteiger partial charge in [0.25, 0.3) is 0 Å². The third-order valence-corrected chi connectivity index (χ3v) is 5.63. The predicted molar refractivity (Wildman–Crippen MR) is 121 cm³/mol. The summed E-state index contributed by atoms with van der Waals surface area (Å²) in [7, 11) is 0. The molecule has 1 saturated heterocycles. The quantitative estimate of drug-likeness (QED) is 0.412. The molecule has 7 nitrogen and oxygen atoms in total. The highest BCUT2D eigenvalue weighted by Crippen LogP contribution is 2.33. The molecule has 0 aliphatic carbocycles. The van der Waals surface area contributed by atoms with Crippen LogP contribution in [0.4, 0.5) is 0 Å². The second-order valence-corrected chi connectivity index (χ2v) is 7.78. The summed E-state index contributed by atoms with van der Waals surface area (Å²) in [4.78, 5) is 29.6. The molecule has 33 heavy (non-hydrogen) atoms. The Labute approximate surface area is 190 Å². The lowest BCUT2D eigenvalue weighted by molar-refractivity contribution is -0.0562. The molecule has 3 aromatic carbocycles. The molecule has 0 spiro atoms. The van der Waals surface area contributed by atoms with Gasteiger partial charge in [-0.2, -0.15) is 0 Å². The van der Waals surface area contributed by atoms with Gasteiger partial charge >= 0.3 is 11.9 Å². The number of hydrogen-bond acceptors (Lipinski definition) is 6. The molecule has 0 unspecified atom stereocenters. The summed E-state index contributed by atoms with van der Waals surface area (Å²) < 4.78 is 19.4. The zero-order chi connectivity index (χ0) is 22.6. The topological polar surface area (TPSA) is 79.7 Å². The van der Waals surface area contributed by atoms with Gasteiger partial charge in [0.05, 0.1) is 28.5 Å². The lowest BCUT2D eigenvalue weighted by Crippen LogP contribution is -2.32. The Bertz CT molecular complexity index is 1260. The Hall–Kier alpha value is -3.97. The monoisotopic (exact) mass is 442 g/mol. The van der Waals surface area contributed by atoms with Crippen molar-refractivity contribution in [1.82, 2.24) is 9.55 Å². The molecule has 0 bridgehead atoms. The molecule has 5 rings (SSSR count). The van der Waals surface area contributed by atoms with Crippen molar-refractivity contribution in [2.75, 3.05) is 6.61 Å². The second kappa shape index (κ2) is 9.26. The van der Waals surface area contributed by atoms with Crippen LogP contribution in [0.25, 0.3) is 11.0 Å². The molecule has 1 aliphatic heterocycles. The maximum absolute atomic E-state index is 12.7. The number of hydrogen-bond donors (Lipinski definition) is 0. The molecule has 0 radical (unpaired) electrons. The molecule has 0 amide bonds. The molecule has 3 atom stereocenters. The number of ether oxygens (including phenoxy) is 3. The van der Waals surface area contributed by atoms with Crippen LogP contribution in [0.5, 0.6) is 0 Å². The van der Waals surface area contributed by atoms with Gasteiger partial charge in [-0.15, -0.1) is 0 Å². The van der Waals surface area contributed by atoms with E-state index < -0.39 is 30.4 Å². The van der Waals surface area contributed by atoms with Gasteiger partial charge in [-0.25, -0.2) is 14.6 Å². The van der Waals surface area contributed by atoms with E-state index in [1.807, 2.05) is 41.0 Å². The Morgan fingerprint density at radius 1 is 0.879 bits per heavy atom. The van der Waals surface area contributed by atoms with Crippen LogP contribution >= 0.6 is 0 Å². The zero-order valence-electron chi connectivity index (χ0n) is 17.7. The average Bonchev–Trinajstić information content (AvgIpc) is 3.47. The van der Waals surface area contributed by atoms with Gasteiger partial charge in [-0.05, 0) is 36.4 Å². The molecule has 1 aromatic heterocycles. The summed E-state index contributed by atoms with van der Waals surface area (Å²) in [5, 5.41) is 0. The molecule has 1 fully saturated rings. The van der Waals surface area contributed by atoms with Crippen molar-refractivity contribution >= 4 is 23.0 Å². The number of nitrogens with zero attached hydrogens (tertiary/aromatic N) is 2. The normalized spacial score (nSPS) is 19.9. The van der Waals surface area contributed by atoms with Crippen molar-refractivity contribution in [3.05, 3.63) is 102 Å². The van der Waals surface area contributed by atoms with Crippen molar-refractivity contribution in [2.45, 2.75) is 24.9 Å². The number of carbonyl (C=O) groups is 2. The Kier molecular flexibility index (Phi) is 5.87. The lowest BCUT2D eigenvalue weighted by Gasteiger charge is -2.19. The third-order valence-electron chi connectivity index (χ3n) is 5.63. The van der Waals surface area contributed by atoms with Crippen LogP contribution in [0.15, 0.2) is 91.3 Å². The number of rotatable bonds is 6. The van der Waals surface area contributed by atoms with Gasteiger partial charge in [0.1, 0.15) is 25.0 Å². The first-order chi connectivity index (χ1) is 16.2. The van der Waals surface area contributed by atoms with Crippen LogP contribution < -0.4 is 0 Å². The highest BCUT2D eigenvalue weighted by atomic mass is 16.6. The minimum Gasteiger partial charge on any atom is -0.459 e. The van der Waals surface area contributed by atoms with Crippen LogP contribution in [0.3, 0.4) is 0 Å². The van der Waals surface area contributed by atoms with E-state index in [0.717, 1.165) is 11.0 Å². The van der Waals surface area contributed by atoms with Crippen molar-refractivity contribution in [1.29, 1.82) is 0 Å². The van der Waals surface area contributed by atoms with Gasteiger partial charge in [0.2, 0.25) is 0 Å². The summed E-state index contributed by atoms with van der Waals surface area (Å²) >= 11 is 0. The average molecular weight is 442 g/mol. The maximum atomic E-state index is 12.7. The van der Waals surface area contributed by atoms with Crippen molar-refractivity contribution in [3.8, 4) is 0 Å². The Balaban J connectivity index is 1.35. The van der Waals surface area contributed by atoms with Crippen molar-refractivity contribution < 1.29 is 23.8 Å². The number of aromatic nitrogens is 2. The van der Waals surface area contributed by atoms with E-state index in [2.05, 4.69) is 4.98 Å². The smallest absolute Gasteiger partial charge is 0.338 e. The Morgan fingerprint density at radius 2 is 1.52 bits per heavy atom. The summed E-state index contributed by atoms with van der Waals surface area (Å²) in [5.41, 5.74) is 2.66. The first-order valence-corrected chi connectivity index (χ1v) is 10.7. The summed E-state index contributed by atoms with van der Waals surface area (Å²) in [6, 6.07) is 25.3. The standard InChI is InChI=1S/C26H22N2O5/c29-25(18-9-3-1-4-10-18)31-16-23-22(33-26(30)19-11-5-2-6-12-19)15-24(32-23)28-17-27-20-13-7-8-14-21(20)28/h1-14,17,22-24H,15-16H2/t22-,23+,24+/m0/s1. The number of fused-ring (bicyclic) bond motifs is 1. The molecule has 0 N–H and O–H groups in total. The van der Waals surface area contributed by atoms with Crippen LogP contribution in [0.1, 0.15) is 33.4 Å². The Morgan fingerprint density at radius 3 is 2.24 bits per heavy atom. The van der Waals surface area contributed by atoms with E-state index >= 15 is 0 Å². The van der Waals surface area contributed by atoms with Crippen LogP contribution in [0.2, 0.25) is 0 Å². The third kappa shape index (κ3) is 4.49. The molecule has 1 aliphatic rings. The summed E-state index contributed by atoms with van der Waals surface area (Å²) in [6.07, 6.45) is 0.506.